The van der Waals surface area contributed by atoms with Crippen LogP contribution in [0.5, 0.6) is 0 Å². The molecule has 0 radical (unpaired) electrons. The highest BCUT2D eigenvalue weighted by Crippen LogP contribution is 2.32. The minimum Gasteiger partial charge on any atom is -0.466 e. The van der Waals surface area contributed by atoms with E-state index < -0.39 is 5.54 Å². The van der Waals surface area contributed by atoms with Crippen molar-refractivity contribution >= 4 is 17.8 Å². The number of likely N-dealkylation sites (tertiary alicyclic amines) is 1. The molecule has 0 bridgehead atoms. The Morgan fingerprint density at radius 3 is 2.76 bits per heavy atom. The molecule has 1 N–H and O–H groups in total. The van der Waals surface area contributed by atoms with E-state index >= 15 is 0 Å². The maximum atomic E-state index is 13.1. The molecule has 1 aromatic rings. The smallest absolute Gasteiger partial charge is 0.308 e. The van der Waals surface area contributed by atoms with Crippen LogP contribution in [0.4, 0.5) is 0 Å². The maximum Gasteiger partial charge on any atom is 0.308 e. The molecule has 1 atom stereocenters. The number of pyridine rings is 1. The van der Waals surface area contributed by atoms with E-state index in [2.05, 4.69) is 10.3 Å². The van der Waals surface area contributed by atoms with Crippen LogP contribution in [-0.4, -0.2) is 46.4 Å². The van der Waals surface area contributed by atoms with E-state index in [9.17, 15) is 14.4 Å². The highest BCUT2D eigenvalue weighted by molar-refractivity contribution is 5.85. The van der Waals surface area contributed by atoms with Crippen LogP contribution in [0.2, 0.25) is 0 Å². The fraction of sp³-hybridized carbons (Fsp3) is 0.636. The number of amides is 2. The summed E-state index contributed by atoms with van der Waals surface area (Å²) >= 11 is 0. The van der Waals surface area contributed by atoms with Gasteiger partial charge < -0.3 is 15.0 Å². The first-order chi connectivity index (χ1) is 14.0. The van der Waals surface area contributed by atoms with Gasteiger partial charge >= 0.3 is 5.97 Å². The zero-order valence-electron chi connectivity index (χ0n) is 17.2. The first-order valence-electron chi connectivity index (χ1n) is 10.7. The third kappa shape index (κ3) is 5.78. The molecule has 0 aromatic carbocycles. The van der Waals surface area contributed by atoms with E-state index in [-0.39, 0.29) is 30.1 Å². The average Bonchev–Trinajstić information content (AvgIpc) is 2.71. The van der Waals surface area contributed by atoms with Crippen LogP contribution in [0, 0.1) is 5.92 Å². The molecule has 1 aliphatic carbocycles. The van der Waals surface area contributed by atoms with Crippen molar-refractivity contribution in [1.82, 2.24) is 15.2 Å². The number of hydrogen-bond acceptors (Lipinski definition) is 5. The fourth-order valence-electron chi connectivity index (χ4n) is 4.40. The normalized spacial score (nSPS) is 21.5. The molecule has 1 saturated heterocycles. The van der Waals surface area contributed by atoms with E-state index in [4.69, 9.17) is 4.74 Å². The Labute approximate surface area is 172 Å². The summed E-state index contributed by atoms with van der Waals surface area (Å²) in [7, 11) is 0. The first-order valence-corrected chi connectivity index (χ1v) is 10.7. The van der Waals surface area contributed by atoms with Crippen LogP contribution in [0.1, 0.15) is 64.0 Å². The minimum absolute atomic E-state index is 0.0543. The lowest BCUT2D eigenvalue weighted by molar-refractivity contribution is -0.146. The van der Waals surface area contributed by atoms with Crippen molar-refractivity contribution in [3.63, 3.8) is 0 Å². The van der Waals surface area contributed by atoms with Crippen LogP contribution in [0.3, 0.4) is 0 Å². The molecule has 2 heterocycles. The number of aromatic nitrogens is 1. The Morgan fingerprint density at radius 2 is 2.07 bits per heavy atom. The minimum atomic E-state index is -0.519. The van der Waals surface area contributed by atoms with Gasteiger partial charge in [-0.2, -0.15) is 0 Å². The van der Waals surface area contributed by atoms with Gasteiger partial charge in [-0.15, -0.1) is 0 Å². The Hall–Kier alpha value is -2.44. The Balaban J connectivity index is 1.64. The number of hydrogen-bond donors (Lipinski definition) is 1. The molecule has 7 nitrogen and oxygen atoms in total. The number of ether oxygens (including phenoxy) is 1. The van der Waals surface area contributed by atoms with Gasteiger partial charge in [-0.25, -0.2) is 0 Å². The van der Waals surface area contributed by atoms with E-state index in [0.717, 1.165) is 37.8 Å². The van der Waals surface area contributed by atoms with Crippen molar-refractivity contribution in [1.29, 1.82) is 0 Å². The van der Waals surface area contributed by atoms with Gasteiger partial charge in [0.05, 0.1) is 36.7 Å². The molecule has 1 saturated carbocycles. The topological polar surface area (TPSA) is 88.6 Å². The number of nitrogens with zero attached hydrogens (tertiary/aromatic N) is 2. The highest BCUT2D eigenvalue weighted by atomic mass is 16.5. The lowest BCUT2D eigenvalue weighted by Gasteiger charge is -2.40. The van der Waals surface area contributed by atoms with E-state index in [0.29, 0.717) is 32.5 Å². The molecule has 0 spiro atoms. The quantitative estimate of drug-likeness (QED) is 0.710. The Bertz CT molecular complexity index is 716. The third-order valence-corrected chi connectivity index (χ3v) is 5.94. The van der Waals surface area contributed by atoms with Crippen molar-refractivity contribution < 1.29 is 19.1 Å². The zero-order valence-corrected chi connectivity index (χ0v) is 17.2. The van der Waals surface area contributed by atoms with Crippen LogP contribution in [-0.2, 0) is 25.7 Å². The zero-order chi connectivity index (χ0) is 20.7. The van der Waals surface area contributed by atoms with Gasteiger partial charge in [0.2, 0.25) is 11.8 Å². The molecule has 7 heteroatoms. The summed E-state index contributed by atoms with van der Waals surface area (Å²) in [5.41, 5.74) is 0.294. The molecule has 2 fully saturated rings. The van der Waals surface area contributed by atoms with Crippen LogP contribution in [0.15, 0.2) is 24.4 Å². The number of nitrogens with one attached hydrogen (secondary N) is 1. The summed E-state index contributed by atoms with van der Waals surface area (Å²) in [6.07, 6.45) is 7.52. The molecular formula is C22H31N3O4. The molecule has 2 amide bonds. The molecular weight excluding hydrogens is 370 g/mol. The van der Waals surface area contributed by atoms with Gasteiger partial charge in [-0.3, -0.25) is 19.4 Å². The monoisotopic (exact) mass is 401 g/mol. The summed E-state index contributed by atoms with van der Waals surface area (Å²) in [4.78, 5) is 43.6. The summed E-state index contributed by atoms with van der Waals surface area (Å²) in [6, 6.07) is 5.61. The molecule has 29 heavy (non-hydrogen) atoms. The van der Waals surface area contributed by atoms with Gasteiger partial charge in [0.1, 0.15) is 0 Å². The lowest BCUT2D eigenvalue weighted by atomic mass is 9.78. The van der Waals surface area contributed by atoms with Crippen LogP contribution >= 0.6 is 0 Å². The maximum absolute atomic E-state index is 13.1. The predicted octanol–water partition coefficient (Wildman–Crippen LogP) is 2.59. The Kier molecular flexibility index (Phi) is 7.23. The number of esters is 1. The van der Waals surface area contributed by atoms with Gasteiger partial charge in [0, 0.05) is 19.2 Å². The fourth-order valence-corrected chi connectivity index (χ4v) is 4.40. The summed E-state index contributed by atoms with van der Waals surface area (Å²) < 4.78 is 5.14. The van der Waals surface area contributed by atoms with Crippen LogP contribution in [0.25, 0.3) is 0 Å². The van der Waals surface area contributed by atoms with Gasteiger partial charge in [-0.1, -0.05) is 25.3 Å². The summed E-state index contributed by atoms with van der Waals surface area (Å²) in [5.74, 6) is -0.531. The van der Waals surface area contributed by atoms with Gasteiger partial charge in [0.15, 0.2) is 0 Å². The number of piperidine rings is 1. The molecule has 158 valence electrons. The predicted molar refractivity (Wildman–Crippen MR) is 108 cm³/mol. The second kappa shape index (κ2) is 9.85. The van der Waals surface area contributed by atoms with Crippen molar-refractivity contribution in [2.24, 2.45) is 5.92 Å². The number of rotatable bonds is 7. The second-order valence-electron chi connectivity index (χ2n) is 8.14. The average molecular weight is 402 g/mol. The molecule has 2 aliphatic rings. The molecule has 3 rings (SSSR count). The third-order valence-electron chi connectivity index (χ3n) is 5.94. The highest BCUT2D eigenvalue weighted by Gasteiger charge is 2.39. The van der Waals surface area contributed by atoms with E-state index in [1.807, 2.05) is 18.2 Å². The Morgan fingerprint density at radius 1 is 1.28 bits per heavy atom. The lowest BCUT2D eigenvalue weighted by Crippen LogP contribution is -2.55. The largest absolute Gasteiger partial charge is 0.466 e. The summed E-state index contributed by atoms with van der Waals surface area (Å²) in [5, 5.41) is 3.20. The number of carbonyl (C=O) groups excluding carboxylic acids is 3. The molecule has 1 aliphatic heterocycles. The summed E-state index contributed by atoms with van der Waals surface area (Å²) in [6.45, 7) is 2.93. The first kappa shape index (κ1) is 21.3. The van der Waals surface area contributed by atoms with Crippen LogP contribution < -0.4 is 5.32 Å². The standard InChI is InChI=1S/C22H31N3O4/c1-2-29-20(27)14-22(11-5-3-6-12-22)24-21(28)17-9-10-19(26)25(15-17)16-18-8-4-7-13-23-18/h4,7-8,13,17H,2-3,5-6,9-12,14-16H2,1H3,(H,24,28)/t17-/m1/s1. The van der Waals surface area contributed by atoms with Gasteiger partial charge in [0.25, 0.3) is 0 Å². The van der Waals surface area contributed by atoms with Crippen molar-refractivity contribution in [2.45, 2.75) is 70.4 Å². The number of carbonyl (C=O) groups is 3. The van der Waals surface area contributed by atoms with Crippen molar-refractivity contribution in [2.75, 3.05) is 13.2 Å². The van der Waals surface area contributed by atoms with Crippen molar-refractivity contribution in [3.05, 3.63) is 30.1 Å². The van der Waals surface area contributed by atoms with E-state index in [1.54, 1.807) is 18.0 Å². The van der Waals surface area contributed by atoms with Crippen molar-refractivity contribution in [3.8, 4) is 0 Å². The SMILES string of the molecule is CCOC(=O)CC1(NC(=O)[C@@H]2CCC(=O)N(Cc3ccccn3)C2)CCCCC1. The molecule has 0 unspecified atom stereocenters. The molecule has 1 aromatic heterocycles. The van der Waals surface area contributed by atoms with E-state index in [1.165, 1.54) is 0 Å². The van der Waals surface area contributed by atoms with Gasteiger partial charge in [-0.05, 0) is 38.3 Å². The second-order valence-corrected chi connectivity index (χ2v) is 8.14.